The van der Waals surface area contributed by atoms with Crippen molar-refractivity contribution in [3.63, 3.8) is 0 Å². The van der Waals surface area contributed by atoms with Crippen molar-refractivity contribution in [1.29, 1.82) is 0 Å². The van der Waals surface area contributed by atoms with Gasteiger partial charge in [0.15, 0.2) is 0 Å². The fourth-order valence-electron chi connectivity index (χ4n) is 2.04. The molecule has 0 saturated heterocycles. The Hall–Kier alpha value is -0.850. The van der Waals surface area contributed by atoms with Crippen LogP contribution in [0.25, 0.3) is 0 Å². The molecule has 78 valence electrons. The van der Waals surface area contributed by atoms with Crippen LogP contribution in [-0.4, -0.2) is 4.98 Å². The number of rotatable bonds is 0. The van der Waals surface area contributed by atoms with Crippen molar-refractivity contribution in [2.24, 2.45) is 0 Å². The number of hydrogen-bond donors (Lipinski definition) is 0. The summed E-state index contributed by atoms with van der Waals surface area (Å²) < 4.78 is 0. The second kappa shape index (κ2) is 4.12. The van der Waals surface area contributed by atoms with E-state index in [1.807, 2.05) is 20.0 Å². The Morgan fingerprint density at radius 1 is 1.29 bits per heavy atom. The highest BCUT2D eigenvalue weighted by Gasteiger charge is 2.31. The highest BCUT2D eigenvalue weighted by molar-refractivity contribution is 5.37. The first-order chi connectivity index (χ1) is 6.61. The number of pyridine rings is 1. The SMILES string of the molecule is CC.Cc1ccnc2c1CCC2(C)C. The normalized spacial score (nSPS) is 16.9. The second-order valence-electron chi connectivity index (χ2n) is 4.34. The van der Waals surface area contributed by atoms with Gasteiger partial charge in [-0.2, -0.15) is 0 Å². The Morgan fingerprint density at radius 2 is 1.93 bits per heavy atom. The van der Waals surface area contributed by atoms with Gasteiger partial charge in [0.05, 0.1) is 0 Å². The average Bonchev–Trinajstić information content (AvgIpc) is 2.48. The van der Waals surface area contributed by atoms with Crippen LogP contribution >= 0.6 is 0 Å². The first kappa shape index (κ1) is 11.2. The Labute approximate surface area is 87.6 Å². The van der Waals surface area contributed by atoms with Gasteiger partial charge < -0.3 is 0 Å². The van der Waals surface area contributed by atoms with Gasteiger partial charge in [0, 0.05) is 17.3 Å². The van der Waals surface area contributed by atoms with E-state index in [9.17, 15) is 0 Å². The smallest absolute Gasteiger partial charge is 0.0494 e. The molecule has 0 fully saturated rings. The first-order valence-corrected chi connectivity index (χ1v) is 5.56. The number of hydrogen-bond acceptors (Lipinski definition) is 1. The summed E-state index contributed by atoms with van der Waals surface area (Å²) in [6.07, 6.45) is 4.39. The molecule has 0 atom stereocenters. The van der Waals surface area contributed by atoms with Crippen LogP contribution < -0.4 is 0 Å². The van der Waals surface area contributed by atoms with Crippen LogP contribution in [0.15, 0.2) is 12.3 Å². The van der Waals surface area contributed by atoms with Gasteiger partial charge in [-0.1, -0.05) is 27.7 Å². The molecule has 0 saturated carbocycles. The topological polar surface area (TPSA) is 12.9 Å². The number of fused-ring (bicyclic) bond motifs is 1. The van der Waals surface area contributed by atoms with Gasteiger partial charge in [0.2, 0.25) is 0 Å². The zero-order valence-corrected chi connectivity index (χ0v) is 10.0. The van der Waals surface area contributed by atoms with Gasteiger partial charge in [0.25, 0.3) is 0 Å². The molecule has 0 radical (unpaired) electrons. The van der Waals surface area contributed by atoms with E-state index in [2.05, 4.69) is 31.8 Å². The van der Waals surface area contributed by atoms with E-state index < -0.39 is 0 Å². The van der Waals surface area contributed by atoms with Crippen molar-refractivity contribution in [2.45, 2.75) is 52.9 Å². The molecule has 1 aliphatic carbocycles. The monoisotopic (exact) mass is 191 g/mol. The Kier molecular flexibility index (Phi) is 3.30. The zero-order valence-electron chi connectivity index (χ0n) is 10.0. The summed E-state index contributed by atoms with van der Waals surface area (Å²) in [5, 5.41) is 0. The van der Waals surface area contributed by atoms with Gasteiger partial charge in [0.1, 0.15) is 0 Å². The summed E-state index contributed by atoms with van der Waals surface area (Å²) in [4.78, 5) is 4.47. The minimum atomic E-state index is 0.307. The maximum atomic E-state index is 4.47. The van der Waals surface area contributed by atoms with E-state index in [0.29, 0.717) is 5.41 Å². The first-order valence-electron chi connectivity index (χ1n) is 5.56. The summed E-state index contributed by atoms with van der Waals surface area (Å²) in [5.74, 6) is 0. The van der Waals surface area contributed by atoms with Crippen LogP contribution in [0.1, 0.15) is 50.9 Å². The van der Waals surface area contributed by atoms with E-state index in [0.717, 1.165) is 0 Å². The molecule has 1 aromatic rings. The molecule has 0 unspecified atom stereocenters. The fraction of sp³-hybridized carbons (Fsp3) is 0.615. The lowest BCUT2D eigenvalue weighted by Gasteiger charge is -2.17. The predicted octanol–water partition coefficient (Wildman–Crippen LogP) is 3.64. The Balaban J connectivity index is 0.000000461. The molecule has 0 bridgehead atoms. The quantitative estimate of drug-likeness (QED) is 0.610. The van der Waals surface area contributed by atoms with E-state index in [-0.39, 0.29) is 0 Å². The van der Waals surface area contributed by atoms with Gasteiger partial charge in [-0.05, 0) is 37.0 Å². The summed E-state index contributed by atoms with van der Waals surface area (Å²) in [6.45, 7) is 10.7. The Bertz CT molecular complexity index is 313. The predicted molar refractivity (Wildman–Crippen MR) is 61.7 cm³/mol. The number of aromatic nitrogens is 1. The van der Waals surface area contributed by atoms with Crippen molar-refractivity contribution in [2.75, 3.05) is 0 Å². The van der Waals surface area contributed by atoms with Crippen LogP contribution in [-0.2, 0) is 11.8 Å². The third kappa shape index (κ3) is 1.82. The zero-order chi connectivity index (χ0) is 10.8. The lowest BCUT2D eigenvalue weighted by atomic mass is 9.90. The average molecular weight is 191 g/mol. The van der Waals surface area contributed by atoms with Crippen LogP contribution in [0.5, 0.6) is 0 Å². The van der Waals surface area contributed by atoms with Crippen molar-refractivity contribution in [1.82, 2.24) is 4.98 Å². The van der Waals surface area contributed by atoms with Crippen molar-refractivity contribution >= 4 is 0 Å². The molecule has 14 heavy (non-hydrogen) atoms. The van der Waals surface area contributed by atoms with Gasteiger partial charge >= 0.3 is 0 Å². The van der Waals surface area contributed by atoms with Crippen LogP contribution in [0, 0.1) is 6.92 Å². The lowest BCUT2D eigenvalue weighted by Crippen LogP contribution is -2.13. The molecule has 0 aliphatic heterocycles. The van der Waals surface area contributed by atoms with E-state index in [1.165, 1.54) is 29.7 Å². The summed E-state index contributed by atoms with van der Waals surface area (Å²) >= 11 is 0. The highest BCUT2D eigenvalue weighted by Crippen LogP contribution is 2.37. The molecule has 1 aliphatic rings. The number of nitrogens with zero attached hydrogens (tertiary/aromatic N) is 1. The van der Waals surface area contributed by atoms with Gasteiger partial charge in [-0.25, -0.2) is 0 Å². The molecule has 0 amide bonds. The minimum absolute atomic E-state index is 0.307. The van der Waals surface area contributed by atoms with E-state index in [4.69, 9.17) is 0 Å². The second-order valence-corrected chi connectivity index (χ2v) is 4.34. The largest absolute Gasteiger partial charge is 0.260 e. The minimum Gasteiger partial charge on any atom is -0.260 e. The maximum absolute atomic E-state index is 4.47. The summed E-state index contributed by atoms with van der Waals surface area (Å²) in [6, 6.07) is 2.11. The molecule has 1 aromatic heterocycles. The van der Waals surface area contributed by atoms with Crippen molar-refractivity contribution in [3.8, 4) is 0 Å². The molecule has 2 rings (SSSR count). The van der Waals surface area contributed by atoms with Crippen LogP contribution in [0.4, 0.5) is 0 Å². The molecule has 0 spiro atoms. The standard InChI is InChI=1S/C11H15N.C2H6/c1-8-5-7-12-10-9(8)4-6-11(10,2)3;1-2/h5,7H,4,6H2,1-3H3;1-2H3. The van der Waals surface area contributed by atoms with Crippen molar-refractivity contribution < 1.29 is 0 Å². The molecule has 1 heteroatoms. The van der Waals surface area contributed by atoms with Crippen molar-refractivity contribution in [3.05, 3.63) is 29.1 Å². The van der Waals surface area contributed by atoms with Crippen LogP contribution in [0.3, 0.4) is 0 Å². The van der Waals surface area contributed by atoms with Crippen LogP contribution in [0.2, 0.25) is 0 Å². The van der Waals surface area contributed by atoms with E-state index in [1.54, 1.807) is 0 Å². The highest BCUT2D eigenvalue weighted by atomic mass is 14.7. The molecule has 1 nitrogen and oxygen atoms in total. The summed E-state index contributed by atoms with van der Waals surface area (Å²) in [7, 11) is 0. The lowest BCUT2D eigenvalue weighted by molar-refractivity contribution is 0.509. The van der Waals surface area contributed by atoms with E-state index >= 15 is 0 Å². The maximum Gasteiger partial charge on any atom is 0.0494 e. The molecule has 0 N–H and O–H groups in total. The number of aryl methyl sites for hydroxylation is 1. The fourth-order valence-corrected chi connectivity index (χ4v) is 2.04. The third-order valence-corrected chi connectivity index (χ3v) is 2.93. The third-order valence-electron chi connectivity index (χ3n) is 2.93. The van der Waals surface area contributed by atoms with Gasteiger partial charge in [-0.3, -0.25) is 4.98 Å². The molecule has 1 heterocycles. The molecule has 0 aromatic carbocycles. The molecular weight excluding hydrogens is 170 g/mol. The summed E-state index contributed by atoms with van der Waals surface area (Å²) in [5.41, 5.74) is 4.53. The molecular formula is C13H21N. The van der Waals surface area contributed by atoms with Gasteiger partial charge in [-0.15, -0.1) is 0 Å². The Morgan fingerprint density at radius 3 is 2.50 bits per heavy atom.